The van der Waals surface area contributed by atoms with Gasteiger partial charge in [-0.25, -0.2) is 9.97 Å². The molecule has 2 aromatic heterocycles. The average molecular weight is 340 g/mol. The van der Waals surface area contributed by atoms with Gasteiger partial charge in [0.05, 0.1) is 18.7 Å². The van der Waals surface area contributed by atoms with E-state index < -0.39 is 0 Å². The van der Waals surface area contributed by atoms with E-state index in [2.05, 4.69) is 21.0 Å². The van der Waals surface area contributed by atoms with E-state index in [1.54, 1.807) is 19.2 Å². The van der Waals surface area contributed by atoms with E-state index in [0.29, 0.717) is 12.0 Å². The molecule has 0 fully saturated rings. The fraction of sp³-hybridized carbons (Fsp3) is 0.0952. The van der Waals surface area contributed by atoms with Gasteiger partial charge in [-0.2, -0.15) is 5.26 Å². The summed E-state index contributed by atoms with van der Waals surface area (Å²) < 4.78 is 5.19. The fourth-order valence-electron chi connectivity index (χ4n) is 2.86. The number of nitrogens with zero attached hydrogens (tertiary/aromatic N) is 3. The molecule has 0 aliphatic carbocycles. The highest BCUT2D eigenvalue weighted by Crippen LogP contribution is 2.23. The number of H-pyrrole nitrogens is 1. The largest absolute Gasteiger partial charge is 0.497 e. The molecule has 2 heterocycles. The van der Waals surface area contributed by atoms with Crippen molar-refractivity contribution in [1.29, 1.82) is 5.26 Å². The predicted molar refractivity (Wildman–Crippen MR) is 99.8 cm³/mol. The first-order valence-corrected chi connectivity index (χ1v) is 8.23. The molecule has 0 bridgehead atoms. The van der Waals surface area contributed by atoms with Crippen molar-refractivity contribution in [2.24, 2.45) is 0 Å². The average Bonchev–Trinajstić information content (AvgIpc) is 3.10. The molecule has 5 heteroatoms. The summed E-state index contributed by atoms with van der Waals surface area (Å²) in [4.78, 5) is 12.4. The van der Waals surface area contributed by atoms with Gasteiger partial charge in [-0.05, 0) is 41.5 Å². The van der Waals surface area contributed by atoms with Crippen LogP contribution in [0, 0.1) is 11.3 Å². The number of hydrogen-bond donors (Lipinski definition) is 1. The zero-order valence-electron chi connectivity index (χ0n) is 14.2. The van der Waals surface area contributed by atoms with Gasteiger partial charge in [0.25, 0.3) is 0 Å². The van der Waals surface area contributed by atoms with Crippen molar-refractivity contribution in [2.45, 2.75) is 6.42 Å². The maximum absolute atomic E-state index is 8.91. The molecule has 2 aromatic carbocycles. The minimum atomic E-state index is 0.643. The molecule has 4 aromatic rings. The van der Waals surface area contributed by atoms with E-state index in [0.717, 1.165) is 39.4 Å². The van der Waals surface area contributed by atoms with Crippen LogP contribution >= 0.6 is 0 Å². The number of nitriles is 1. The summed E-state index contributed by atoms with van der Waals surface area (Å²) in [7, 11) is 1.66. The standard InChI is InChI=1S/C21H16N4O/c1-26-18-8-4-14(5-9-18)10-20-24-19-11-17(13-23-21(19)25-20)16-6-2-15(12-22)3-7-16/h2-9,11,13H,10H2,1H3,(H,23,24,25). The molecule has 0 aliphatic rings. The highest BCUT2D eigenvalue weighted by molar-refractivity contribution is 5.78. The number of hydrogen-bond acceptors (Lipinski definition) is 4. The van der Waals surface area contributed by atoms with Gasteiger partial charge in [0, 0.05) is 18.2 Å². The van der Waals surface area contributed by atoms with E-state index >= 15 is 0 Å². The Hall–Kier alpha value is -3.65. The molecule has 26 heavy (non-hydrogen) atoms. The lowest BCUT2D eigenvalue weighted by atomic mass is 10.1. The third-order valence-electron chi connectivity index (χ3n) is 4.26. The van der Waals surface area contributed by atoms with Crippen molar-refractivity contribution in [1.82, 2.24) is 15.0 Å². The van der Waals surface area contributed by atoms with Gasteiger partial charge in [0.15, 0.2) is 5.65 Å². The molecule has 0 amide bonds. The first-order valence-electron chi connectivity index (χ1n) is 8.23. The third kappa shape index (κ3) is 3.13. The highest BCUT2D eigenvalue weighted by Gasteiger charge is 2.07. The maximum atomic E-state index is 8.91. The zero-order valence-corrected chi connectivity index (χ0v) is 14.2. The Bertz CT molecular complexity index is 1090. The van der Waals surface area contributed by atoms with Gasteiger partial charge in [0.1, 0.15) is 17.1 Å². The van der Waals surface area contributed by atoms with Crippen LogP contribution in [0.4, 0.5) is 0 Å². The molecule has 0 atom stereocenters. The molecule has 0 radical (unpaired) electrons. The van der Waals surface area contributed by atoms with E-state index in [1.165, 1.54) is 0 Å². The van der Waals surface area contributed by atoms with Crippen molar-refractivity contribution in [3.05, 3.63) is 77.7 Å². The Morgan fingerprint density at radius 3 is 2.50 bits per heavy atom. The predicted octanol–water partition coefficient (Wildman–Crippen LogP) is 4.10. The molecule has 1 N–H and O–H groups in total. The lowest BCUT2D eigenvalue weighted by molar-refractivity contribution is 0.414. The van der Waals surface area contributed by atoms with E-state index in [4.69, 9.17) is 10.00 Å². The van der Waals surface area contributed by atoms with Crippen LogP contribution in [0.2, 0.25) is 0 Å². The third-order valence-corrected chi connectivity index (χ3v) is 4.26. The normalized spacial score (nSPS) is 10.6. The van der Waals surface area contributed by atoms with Crippen LogP contribution in [0.1, 0.15) is 17.0 Å². The van der Waals surface area contributed by atoms with Crippen molar-refractivity contribution in [3.63, 3.8) is 0 Å². The van der Waals surface area contributed by atoms with Gasteiger partial charge < -0.3 is 9.72 Å². The molecule has 0 aliphatic heterocycles. The monoisotopic (exact) mass is 340 g/mol. The van der Waals surface area contributed by atoms with E-state index in [9.17, 15) is 0 Å². The summed E-state index contributed by atoms with van der Waals surface area (Å²) in [5, 5.41) is 8.91. The van der Waals surface area contributed by atoms with Crippen LogP contribution < -0.4 is 4.74 Å². The van der Waals surface area contributed by atoms with Gasteiger partial charge in [-0.15, -0.1) is 0 Å². The Morgan fingerprint density at radius 2 is 1.81 bits per heavy atom. The minimum Gasteiger partial charge on any atom is -0.497 e. The zero-order chi connectivity index (χ0) is 17.9. The first kappa shape index (κ1) is 15.9. The number of fused-ring (bicyclic) bond motifs is 1. The topological polar surface area (TPSA) is 74.6 Å². The molecule has 0 saturated heterocycles. The summed E-state index contributed by atoms with van der Waals surface area (Å²) in [6.07, 6.45) is 2.52. The molecule has 0 spiro atoms. The van der Waals surface area contributed by atoms with Crippen LogP contribution in [0.15, 0.2) is 60.8 Å². The van der Waals surface area contributed by atoms with Crippen molar-refractivity contribution in [3.8, 4) is 22.9 Å². The summed E-state index contributed by atoms with van der Waals surface area (Å²) in [5.74, 6) is 1.71. The van der Waals surface area contributed by atoms with E-state index in [-0.39, 0.29) is 0 Å². The molecule has 5 nitrogen and oxygen atoms in total. The second kappa shape index (κ2) is 6.69. The number of benzene rings is 2. The Labute approximate surface area is 150 Å². The number of rotatable bonds is 4. The number of ether oxygens (including phenoxy) is 1. The number of aromatic nitrogens is 3. The van der Waals surface area contributed by atoms with Crippen LogP contribution in [-0.4, -0.2) is 22.1 Å². The molecule has 0 unspecified atom stereocenters. The second-order valence-electron chi connectivity index (χ2n) is 5.99. The van der Waals surface area contributed by atoms with Crippen molar-refractivity contribution >= 4 is 11.2 Å². The number of nitrogens with one attached hydrogen (secondary N) is 1. The Balaban J connectivity index is 1.61. The van der Waals surface area contributed by atoms with Crippen LogP contribution in [0.25, 0.3) is 22.3 Å². The minimum absolute atomic E-state index is 0.643. The summed E-state index contributed by atoms with van der Waals surface area (Å²) in [5.41, 5.74) is 5.38. The van der Waals surface area contributed by atoms with Crippen LogP contribution in [0.3, 0.4) is 0 Å². The van der Waals surface area contributed by atoms with Gasteiger partial charge >= 0.3 is 0 Å². The number of pyridine rings is 1. The SMILES string of the molecule is COc1ccc(Cc2nc3cc(-c4ccc(C#N)cc4)cnc3[nH]2)cc1. The first-order chi connectivity index (χ1) is 12.7. The van der Waals surface area contributed by atoms with Crippen LogP contribution in [0.5, 0.6) is 5.75 Å². The van der Waals surface area contributed by atoms with Gasteiger partial charge in [-0.1, -0.05) is 24.3 Å². The fourth-order valence-corrected chi connectivity index (χ4v) is 2.86. The van der Waals surface area contributed by atoms with Gasteiger partial charge in [-0.3, -0.25) is 0 Å². The quantitative estimate of drug-likeness (QED) is 0.607. The smallest absolute Gasteiger partial charge is 0.157 e. The van der Waals surface area contributed by atoms with E-state index in [1.807, 2.05) is 48.7 Å². The number of methoxy groups -OCH3 is 1. The molecule has 126 valence electrons. The van der Waals surface area contributed by atoms with Crippen molar-refractivity contribution in [2.75, 3.05) is 7.11 Å². The Morgan fingerprint density at radius 1 is 1.04 bits per heavy atom. The summed E-state index contributed by atoms with van der Waals surface area (Å²) >= 11 is 0. The molecular weight excluding hydrogens is 324 g/mol. The molecular formula is C21H16N4O. The second-order valence-corrected chi connectivity index (χ2v) is 5.99. The number of imidazole rings is 1. The molecule has 0 saturated carbocycles. The highest BCUT2D eigenvalue weighted by atomic mass is 16.5. The molecule has 4 rings (SSSR count). The van der Waals surface area contributed by atoms with Gasteiger partial charge in [0.2, 0.25) is 0 Å². The lowest BCUT2D eigenvalue weighted by Gasteiger charge is -2.01. The van der Waals surface area contributed by atoms with Crippen molar-refractivity contribution < 1.29 is 4.74 Å². The number of aromatic amines is 1. The Kier molecular flexibility index (Phi) is 4.08. The van der Waals surface area contributed by atoms with Crippen LogP contribution in [-0.2, 0) is 6.42 Å². The lowest BCUT2D eigenvalue weighted by Crippen LogP contribution is -1.91. The maximum Gasteiger partial charge on any atom is 0.157 e. The summed E-state index contributed by atoms with van der Waals surface area (Å²) in [6.45, 7) is 0. The summed E-state index contributed by atoms with van der Waals surface area (Å²) in [6, 6.07) is 19.5.